The van der Waals surface area contributed by atoms with Gasteiger partial charge in [-0.1, -0.05) is 0 Å². The zero-order valence-electron chi connectivity index (χ0n) is 16.2. The number of nitrogens with zero attached hydrogens (tertiary/aromatic N) is 3. The number of carbonyl (C=O) groups excluding carboxylic acids is 1. The molecule has 0 radical (unpaired) electrons. The molecule has 1 aromatic rings. The second-order valence-electron chi connectivity index (χ2n) is 6.92. The monoisotopic (exact) mass is 399 g/mol. The zero-order chi connectivity index (χ0) is 19.9. The standard InChI is InChI=1S/C17H25N3O6S/c1-18(2)13(21)9-20(4)27(22,23)17-11-6-7-19(3)8-12(11)14(24-5)15-16(17)26-10-25-15/h6-10H2,1-5H3. The largest absolute Gasteiger partial charge is 0.492 e. The molecular formula is C17H25N3O6S. The van der Waals surface area contributed by atoms with Crippen LogP contribution in [0.4, 0.5) is 0 Å². The summed E-state index contributed by atoms with van der Waals surface area (Å²) in [4.78, 5) is 15.6. The Kier molecular flexibility index (Phi) is 5.24. The molecule has 0 atom stereocenters. The van der Waals surface area contributed by atoms with Crippen LogP contribution < -0.4 is 14.2 Å². The molecule has 2 heterocycles. The lowest BCUT2D eigenvalue weighted by Gasteiger charge is -2.30. The molecule has 150 valence electrons. The van der Waals surface area contributed by atoms with E-state index in [4.69, 9.17) is 14.2 Å². The van der Waals surface area contributed by atoms with E-state index >= 15 is 0 Å². The molecule has 0 spiro atoms. The third-order valence-electron chi connectivity index (χ3n) is 4.84. The number of sulfonamides is 1. The van der Waals surface area contributed by atoms with Gasteiger partial charge < -0.3 is 24.0 Å². The predicted octanol–water partition coefficient (Wildman–Crippen LogP) is 0.121. The Bertz CT molecular complexity index is 868. The van der Waals surface area contributed by atoms with E-state index in [-0.39, 0.29) is 29.9 Å². The topological polar surface area (TPSA) is 88.6 Å². The summed E-state index contributed by atoms with van der Waals surface area (Å²) in [5.74, 6) is 0.670. The molecular weight excluding hydrogens is 374 g/mol. The van der Waals surface area contributed by atoms with Crippen molar-refractivity contribution in [2.75, 3.05) is 55.2 Å². The third kappa shape index (κ3) is 3.32. The van der Waals surface area contributed by atoms with Gasteiger partial charge in [0, 0.05) is 39.8 Å². The number of rotatable bonds is 5. The van der Waals surface area contributed by atoms with Crippen LogP contribution in [0.1, 0.15) is 11.1 Å². The van der Waals surface area contributed by atoms with Gasteiger partial charge in [0.2, 0.25) is 28.5 Å². The number of amides is 1. The molecule has 2 aliphatic rings. The molecule has 9 nitrogen and oxygen atoms in total. The van der Waals surface area contributed by atoms with Gasteiger partial charge in [-0.15, -0.1) is 0 Å². The minimum absolute atomic E-state index is 0.0761. The second-order valence-corrected chi connectivity index (χ2v) is 8.90. The molecule has 2 aliphatic heterocycles. The molecule has 0 bridgehead atoms. The fourth-order valence-corrected chi connectivity index (χ4v) is 4.82. The van der Waals surface area contributed by atoms with Crippen molar-refractivity contribution in [2.24, 2.45) is 0 Å². The summed E-state index contributed by atoms with van der Waals surface area (Å²) in [6.45, 7) is 0.912. The van der Waals surface area contributed by atoms with Gasteiger partial charge in [0.25, 0.3) is 0 Å². The van der Waals surface area contributed by atoms with Gasteiger partial charge in [0.1, 0.15) is 4.90 Å². The first-order valence-corrected chi connectivity index (χ1v) is 9.98. The number of hydrogen-bond acceptors (Lipinski definition) is 7. The van der Waals surface area contributed by atoms with E-state index in [9.17, 15) is 13.2 Å². The van der Waals surface area contributed by atoms with Crippen molar-refractivity contribution in [2.45, 2.75) is 17.9 Å². The molecule has 0 N–H and O–H groups in total. The predicted molar refractivity (Wildman–Crippen MR) is 97.7 cm³/mol. The normalized spacial score (nSPS) is 16.4. The van der Waals surface area contributed by atoms with E-state index in [1.807, 2.05) is 7.05 Å². The molecule has 1 amide bonds. The zero-order valence-corrected chi connectivity index (χ0v) is 17.1. The minimum Gasteiger partial charge on any atom is -0.492 e. The van der Waals surface area contributed by atoms with Gasteiger partial charge in [0.05, 0.1) is 13.7 Å². The number of methoxy groups -OCH3 is 1. The van der Waals surface area contributed by atoms with Gasteiger partial charge in [-0.2, -0.15) is 4.31 Å². The molecule has 0 fully saturated rings. The van der Waals surface area contributed by atoms with Crippen molar-refractivity contribution in [1.29, 1.82) is 0 Å². The summed E-state index contributed by atoms with van der Waals surface area (Å²) in [7, 11) is 4.09. The van der Waals surface area contributed by atoms with E-state index in [0.717, 1.165) is 9.87 Å². The van der Waals surface area contributed by atoms with Crippen molar-refractivity contribution >= 4 is 15.9 Å². The van der Waals surface area contributed by atoms with Crippen LogP contribution in [-0.4, -0.2) is 83.6 Å². The van der Waals surface area contributed by atoms with E-state index in [0.29, 0.717) is 36.6 Å². The first kappa shape index (κ1) is 19.7. The van der Waals surface area contributed by atoms with Crippen LogP contribution in [0, 0.1) is 0 Å². The SMILES string of the molecule is COc1c2c(c(S(=O)(=O)N(C)CC(=O)N(C)C)c3c1OCO3)CCN(C)C2. The van der Waals surface area contributed by atoms with E-state index in [2.05, 4.69) is 4.90 Å². The number of hydrogen-bond donors (Lipinski definition) is 0. The third-order valence-corrected chi connectivity index (χ3v) is 6.74. The number of fused-ring (bicyclic) bond motifs is 2. The Balaban J connectivity index is 2.17. The molecule has 0 aliphatic carbocycles. The average molecular weight is 399 g/mol. The second kappa shape index (κ2) is 7.17. The highest BCUT2D eigenvalue weighted by Crippen LogP contribution is 2.51. The fraction of sp³-hybridized carbons (Fsp3) is 0.588. The quantitative estimate of drug-likeness (QED) is 0.695. The van der Waals surface area contributed by atoms with Crippen molar-refractivity contribution < 1.29 is 27.4 Å². The Morgan fingerprint density at radius 1 is 1.19 bits per heavy atom. The highest BCUT2D eigenvalue weighted by atomic mass is 32.2. The summed E-state index contributed by atoms with van der Waals surface area (Å²) >= 11 is 0. The number of likely N-dealkylation sites (N-methyl/N-ethyl adjacent to an activating group) is 3. The summed E-state index contributed by atoms with van der Waals surface area (Å²) in [6, 6.07) is 0. The molecule has 3 rings (SSSR count). The smallest absolute Gasteiger partial charge is 0.247 e. The molecule has 1 aromatic carbocycles. The minimum atomic E-state index is -3.97. The maximum Gasteiger partial charge on any atom is 0.247 e. The average Bonchev–Trinajstić information content (AvgIpc) is 3.07. The van der Waals surface area contributed by atoms with E-state index in [1.165, 1.54) is 19.1 Å². The Hall–Kier alpha value is -2.04. The molecule has 0 unspecified atom stereocenters. The molecule has 0 saturated heterocycles. The van der Waals surface area contributed by atoms with Crippen LogP contribution in [0.3, 0.4) is 0 Å². The highest BCUT2D eigenvalue weighted by Gasteiger charge is 2.39. The lowest BCUT2D eigenvalue weighted by molar-refractivity contribution is -0.128. The first-order valence-electron chi connectivity index (χ1n) is 8.54. The maximum atomic E-state index is 13.4. The molecule has 10 heteroatoms. The molecule has 0 aromatic heterocycles. The van der Waals surface area contributed by atoms with Crippen LogP contribution in [0.5, 0.6) is 17.2 Å². The van der Waals surface area contributed by atoms with Crippen LogP contribution in [0.2, 0.25) is 0 Å². The van der Waals surface area contributed by atoms with Crippen LogP contribution >= 0.6 is 0 Å². The van der Waals surface area contributed by atoms with Gasteiger partial charge in [0.15, 0.2) is 11.5 Å². The lowest BCUT2D eigenvalue weighted by Crippen LogP contribution is -2.38. The fourth-order valence-electron chi connectivity index (χ4n) is 3.31. The maximum absolute atomic E-state index is 13.4. The number of ether oxygens (including phenoxy) is 3. The highest BCUT2D eigenvalue weighted by molar-refractivity contribution is 7.89. The van der Waals surface area contributed by atoms with Gasteiger partial charge >= 0.3 is 0 Å². The Morgan fingerprint density at radius 2 is 1.85 bits per heavy atom. The van der Waals surface area contributed by atoms with Crippen molar-refractivity contribution in [3.63, 3.8) is 0 Å². The molecule has 0 saturated carbocycles. The van der Waals surface area contributed by atoms with Crippen LogP contribution in [0.25, 0.3) is 0 Å². The van der Waals surface area contributed by atoms with Crippen LogP contribution in [-0.2, 0) is 27.8 Å². The Morgan fingerprint density at radius 3 is 2.48 bits per heavy atom. The summed E-state index contributed by atoms with van der Waals surface area (Å²) < 4.78 is 44.4. The summed E-state index contributed by atoms with van der Waals surface area (Å²) in [5.41, 5.74) is 1.44. The number of carbonyl (C=O) groups is 1. The lowest BCUT2D eigenvalue weighted by atomic mass is 9.97. The first-order chi connectivity index (χ1) is 12.7. The van der Waals surface area contributed by atoms with Crippen molar-refractivity contribution in [3.8, 4) is 17.2 Å². The van der Waals surface area contributed by atoms with Gasteiger partial charge in [-0.05, 0) is 19.0 Å². The molecule has 27 heavy (non-hydrogen) atoms. The van der Waals surface area contributed by atoms with Crippen molar-refractivity contribution in [3.05, 3.63) is 11.1 Å². The van der Waals surface area contributed by atoms with E-state index < -0.39 is 10.0 Å². The van der Waals surface area contributed by atoms with Gasteiger partial charge in [-0.25, -0.2) is 8.42 Å². The summed E-state index contributed by atoms with van der Waals surface area (Å²) in [5, 5.41) is 0. The Labute approximate surface area is 159 Å². The van der Waals surface area contributed by atoms with E-state index in [1.54, 1.807) is 14.1 Å². The van der Waals surface area contributed by atoms with Crippen molar-refractivity contribution in [1.82, 2.24) is 14.1 Å². The number of benzene rings is 1. The van der Waals surface area contributed by atoms with Crippen LogP contribution in [0.15, 0.2) is 4.90 Å². The van der Waals surface area contributed by atoms with Gasteiger partial charge in [-0.3, -0.25) is 4.79 Å². The summed E-state index contributed by atoms with van der Waals surface area (Å²) in [6.07, 6.45) is 0.531.